The summed E-state index contributed by atoms with van der Waals surface area (Å²) >= 11 is 5.77. The number of aromatic nitrogens is 2. The van der Waals surface area contributed by atoms with Gasteiger partial charge in [0.25, 0.3) is 5.56 Å². The molecule has 0 bridgehead atoms. The molecule has 1 fully saturated rings. The van der Waals surface area contributed by atoms with Gasteiger partial charge in [0.2, 0.25) is 0 Å². The van der Waals surface area contributed by atoms with Crippen LogP contribution in [0, 0.1) is 23.7 Å². The largest absolute Gasteiger partial charge is 0.462 e. The highest BCUT2D eigenvalue weighted by atomic mass is 32.5. The number of benzene rings is 1. The van der Waals surface area contributed by atoms with Crippen molar-refractivity contribution in [2.24, 2.45) is 11.3 Å². The van der Waals surface area contributed by atoms with Gasteiger partial charge in [0.1, 0.15) is 11.8 Å². The first-order valence-electron chi connectivity index (χ1n) is 11.8. The van der Waals surface area contributed by atoms with Gasteiger partial charge in [0.05, 0.1) is 24.2 Å². The molecule has 1 aromatic heterocycles. The second kappa shape index (κ2) is 11.8. The zero-order chi connectivity index (χ0) is 27.4. The minimum absolute atomic E-state index is 0.0316. The fraction of sp³-hybridized carbons (Fsp3) is 0.480. The fourth-order valence-electron chi connectivity index (χ4n) is 3.89. The van der Waals surface area contributed by atoms with Gasteiger partial charge in [-0.25, -0.2) is 9.88 Å². The van der Waals surface area contributed by atoms with Crippen LogP contribution in [-0.2, 0) is 30.6 Å². The monoisotopic (exact) mass is 549 g/mol. The summed E-state index contributed by atoms with van der Waals surface area (Å²) in [6, 6.07) is 9.29. The van der Waals surface area contributed by atoms with E-state index in [1.165, 1.54) is 16.8 Å². The van der Waals surface area contributed by atoms with Gasteiger partial charge in [-0.1, -0.05) is 31.0 Å². The summed E-state index contributed by atoms with van der Waals surface area (Å²) in [5, 5.41) is 2.99. The first-order valence-corrected chi connectivity index (χ1v) is 14.4. The summed E-state index contributed by atoms with van der Waals surface area (Å²) in [4.78, 5) is 38.7. The molecule has 1 aliphatic heterocycles. The van der Waals surface area contributed by atoms with Crippen LogP contribution in [-0.4, -0.2) is 40.4 Å². The number of para-hydroxylation sites is 1. The number of H-pyrrole nitrogens is 1. The van der Waals surface area contributed by atoms with E-state index in [2.05, 4.69) is 16.0 Å². The van der Waals surface area contributed by atoms with Gasteiger partial charge in [-0.05, 0) is 51.6 Å². The Balaban J connectivity index is 1.84. The van der Waals surface area contributed by atoms with Crippen LogP contribution in [0.15, 0.2) is 52.2 Å². The smallest absolute Gasteiger partial charge is 0.330 e. The lowest BCUT2D eigenvalue weighted by atomic mass is 9.77. The third-order valence-electron chi connectivity index (χ3n) is 6.17. The molecule has 10 nitrogen and oxygen atoms in total. The molecule has 3 rings (SSSR count). The topological polar surface area (TPSA) is 121 Å². The van der Waals surface area contributed by atoms with E-state index in [9.17, 15) is 14.4 Å². The van der Waals surface area contributed by atoms with Crippen LogP contribution in [0.5, 0.6) is 5.75 Å². The van der Waals surface area contributed by atoms with Gasteiger partial charge in [-0.2, -0.15) is 0 Å². The van der Waals surface area contributed by atoms with Crippen LogP contribution in [0.1, 0.15) is 40.8 Å². The Hall–Kier alpha value is -2.74. The molecule has 2 N–H and O–H groups in total. The first-order chi connectivity index (χ1) is 17.4. The zero-order valence-electron chi connectivity index (χ0n) is 21.4. The molecule has 2 heterocycles. The number of carbonyl (C=O) groups is 1. The Bertz CT molecular complexity index is 1310. The van der Waals surface area contributed by atoms with Crippen LogP contribution >= 0.6 is 6.64 Å². The summed E-state index contributed by atoms with van der Waals surface area (Å²) in [6.45, 7) is 5.49. The summed E-state index contributed by atoms with van der Waals surface area (Å²) in [5.74, 6) is 2.46. The zero-order valence-corrected chi connectivity index (χ0v) is 23.1. The van der Waals surface area contributed by atoms with Crippen molar-refractivity contribution in [3.05, 3.63) is 63.4 Å². The van der Waals surface area contributed by atoms with Crippen LogP contribution in [0.2, 0.25) is 0 Å². The molecule has 37 heavy (non-hydrogen) atoms. The van der Waals surface area contributed by atoms with Crippen molar-refractivity contribution in [2.45, 2.75) is 59.1 Å². The van der Waals surface area contributed by atoms with E-state index in [4.69, 9.17) is 36.8 Å². The van der Waals surface area contributed by atoms with Gasteiger partial charge < -0.3 is 18.5 Å². The van der Waals surface area contributed by atoms with Gasteiger partial charge in [0, 0.05) is 18.2 Å². The Kier molecular flexibility index (Phi) is 9.16. The highest BCUT2D eigenvalue weighted by Crippen LogP contribution is 2.51. The minimum atomic E-state index is -3.30. The molecule has 1 unspecified atom stereocenters. The number of rotatable bonds is 10. The van der Waals surface area contributed by atoms with E-state index in [1.54, 1.807) is 52.0 Å². The number of ether oxygens (including phenoxy) is 2. The normalized spacial score (nSPS) is 25.7. The number of nitrogens with zero attached hydrogens (tertiary/aromatic N) is 1. The van der Waals surface area contributed by atoms with E-state index in [1.807, 2.05) is 13.0 Å². The Morgan fingerprint density at radius 2 is 1.97 bits per heavy atom. The Morgan fingerprint density at radius 3 is 2.57 bits per heavy atom. The third kappa shape index (κ3) is 6.78. The lowest BCUT2D eigenvalue weighted by Gasteiger charge is -2.29. The lowest BCUT2D eigenvalue weighted by molar-refractivity contribution is -0.149. The highest BCUT2D eigenvalue weighted by molar-refractivity contribution is 8.09. The predicted molar refractivity (Wildman–Crippen MR) is 142 cm³/mol. The summed E-state index contributed by atoms with van der Waals surface area (Å²) in [7, 11) is 0. The molecule has 1 saturated heterocycles. The molecule has 1 aliphatic rings. The second-order valence-corrected chi connectivity index (χ2v) is 12.4. The molecule has 0 saturated carbocycles. The number of hydrogen-bond acceptors (Lipinski definition) is 8. The van der Waals surface area contributed by atoms with E-state index in [-0.39, 0.29) is 18.6 Å². The van der Waals surface area contributed by atoms with Crippen LogP contribution in [0.4, 0.5) is 0 Å². The summed E-state index contributed by atoms with van der Waals surface area (Å²) in [6.07, 6.45) is 5.51. The third-order valence-corrected chi connectivity index (χ3v) is 8.67. The molecule has 6 atom stereocenters. The Morgan fingerprint density at radius 1 is 1.30 bits per heavy atom. The number of hydrogen-bond donors (Lipinski definition) is 2. The molecule has 0 amide bonds. The summed E-state index contributed by atoms with van der Waals surface area (Å²) < 4.78 is 24.9. The quantitative estimate of drug-likeness (QED) is 0.262. The average Bonchev–Trinajstić information content (AvgIpc) is 3.08. The van der Waals surface area contributed by atoms with Crippen molar-refractivity contribution in [1.29, 1.82) is 0 Å². The van der Waals surface area contributed by atoms with Gasteiger partial charge in [-0.15, -0.1) is 6.42 Å². The first kappa shape index (κ1) is 28.8. The van der Waals surface area contributed by atoms with E-state index < -0.39 is 47.6 Å². The molecular weight excluding hydrogens is 517 g/mol. The van der Waals surface area contributed by atoms with E-state index >= 15 is 0 Å². The van der Waals surface area contributed by atoms with Crippen molar-refractivity contribution in [3.8, 4) is 18.1 Å². The van der Waals surface area contributed by atoms with E-state index in [0.717, 1.165) is 0 Å². The minimum Gasteiger partial charge on any atom is -0.462 e. The molecule has 0 spiro atoms. The molecule has 0 radical (unpaired) electrons. The van der Waals surface area contributed by atoms with Gasteiger partial charge >= 0.3 is 18.3 Å². The lowest BCUT2D eigenvalue weighted by Crippen LogP contribution is -2.38. The SMILES string of the molecule is C#C[C@@]1(C)[C@H](C)[C@@H](COP(=S)(N[C@@H](C)C(=O)OC(C)C)Oc2ccccc2)O[C@H]1n1ccc(=O)[nH]c1=O. The molecule has 12 heteroatoms. The number of nitrogens with one attached hydrogen (secondary N) is 2. The maximum absolute atomic E-state index is 12.5. The fourth-order valence-corrected chi connectivity index (χ4v) is 6.31. The van der Waals surface area contributed by atoms with Crippen molar-refractivity contribution >= 4 is 24.4 Å². The maximum Gasteiger partial charge on any atom is 0.330 e. The van der Waals surface area contributed by atoms with Gasteiger partial charge in [0.15, 0.2) is 6.23 Å². The highest BCUT2D eigenvalue weighted by Gasteiger charge is 2.52. The van der Waals surface area contributed by atoms with Crippen molar-refractivity contribution < 1.29 is 23.3 Å². The molecule has 200 valence electrons. The number of esters is 1. The van der Waals surface area contributed by atoms with Crippen molar-refractivity contribution in [3.63, 3.8) is 0 Å². The molecule has 2 aromatic rings. The number of aromatic amines is 1. The van der Waals surface area contributed by atoms with Crippen LogP contribution in [0.3, 0.4) is 0 Å². The standard InChI is InChI=1S/C25H32N3O7PS/c1-7-25(6)17(4)20(34-23(25)28-14-13-21(29)26-24(28)31)15-32-36(37,35-19-11-9-8-10-12-19)27-18(5)22(30)33-16(2)3/h1,8-14,16-18,20,23H,15H2,2-6H3,(H,27,37)(H,26,29,31)/t17-,18+,20-,23-,25+,36?/m1/s1. The number of terminal acetylenes is 1. The molecular formula is C25H32N3O7PS. The van der Waals surface area contributed by atoms with Crippen molar-refractivity contribution in [1.82, 2.24) is 14.6 Å². The van der Waals surface area contributed by atoms with Crippen LogP contribution < -0.4 is 20.9 Å². The van der Waals surface area contributed by atoms with E-state index in [0.29, 0.717) is 5.75 Å². The van der Waals surface area contributed by atoms with Gasteiger partial charge in [-0.3, -0.25) is 19.1 Å². The maximum atomic E-state index is 12.5. The molecule has 1 aromatic carbocycles. The summed E-state index contributed by atoms with van der Waals surface area (Å²) in [5.41, 5.74) is -2.06. The molecule has 0 aliphatic carbocycles. The Labute approximate surface area is 220 Å². The second-order valence-electron chi connectivity index (χ2n) is 9.29. The van der Waals surface area contributed by atoms with Crippen molar-refractivity contribution in [2.75, 3.05) is 6.61 Å². The average molecular weight is 550 g/mol. The van der Waals surface area contributed by atoms with Crippen LogP contribution in [0.25, 0.3) is 0 Å². The predicted octanol–water partition coefficient (Wildman–Crippen LogP) is 2.96. The number of carbonyl (C=O) groups excluding carboxylic acids is 1.